The molecule has 27 heavy (non-hydrogen) atoms. The quantitative estimate of drug-likeness (QED) is 0.818. The van der Waals surface area contributed by atoms with Crippen LogP contribution in [-0.2, 0) is 6.54 Å². The molecule has 0 saturated carbocycles. The molecule has 2 amide bonds. The highest BCUT2D eigenvalue weighted by molar-refractivity contribution is 5.73. The first-order valence-electron chi connectivity index (χ1n) is 9.70. The average molecular weight is 371 g/mol. The normalized spacial score (nSPS) is 20.4. The molecule has 2 N–H and O–H groups in total. The third kappa shape index (κ3) is 5.53. The number of pyridine rings is 1. The number of hydrogen-bond donors (Lipinski definition) is 2. The van der Waals surface area contributed by atoms with Gasteiger partial charge in [-0.2, -0.15) is 0 Å². The Kier molecular flexibility index (Phi) is 6.45. The highest BCUT2D eigenvalue weighted by Crippen LogP contribution is 2.20. The minimum atomic E-state index is -0.136. The van der Waals surface area contributed by atoms with Crippen LogP contribution in [0.3, 0.4) is 0 Å². The first-order valence-corrected chi connectivity index (χ1v) is 9.70. The maximum Gasteiger partial charge on any atom is 0.315 e. The van der Waals surface area contributed by atoms with Gasteiger partial charge in [-0.05, 0) is 36.8 Å². The van der Waals surface area contributed by atoms with Crippen LogP contribution in [-0.4, -0.2) is 51.6 Å². The second kappa shape index (κ2) is 8.99. The summed E-state index contributed by atoms with van der Waals surface area (Å²) in [6.45, 7) is 10.8. The van der Waals surface area contributed by atoms with E-state index in [0.29, 0.717) is 13.1 Å². The summed E-state index contributed by atoms with van der Waals surface area (Å²) in [7, 11) is 0. The molecule has 0 unspecified atom stereocenters. The Morgan fingerprint density at radius 1 is 1.19 bits per heavy atom. The number of carbonyl (C=O) groups excluding carboxylic acids is 1. The van der Waals surface area contributed by atoms with Gasteiger partial charge in [0.05, 0.1) is 0 Å². The summed E-state index contributed by atoms with van der Waals surface area (Å²) in [6.07, 6.45) is 6.72. The summed E-state index contributed by atoms with van der Waals surface area (Å²) in [5, 5.41) is 5.84. The van der Waals surface area contributed by atoms with E-state index in [1.807, 2.05) is 29.8 Å². The number of aromatic nitrogens is 3. The molecule has 146 valence electrons. The molecule has 0 spiro atoms. The Bertz CT molecular complexity index is 731. The summed E-state index contributed by atoms with van der Waals surface area (Å²) in [4.78, 5) is 23.1. The molecule has 2 atom stereocenters. The molecule has 1 fully saturated rings. The van der Waals surface area contributed by atoms with Crippen LogP contribution in [0.4, 0.5) is 4.79 Å². The number of hydrogen-bond acceptors (Lipinski definition) is 4. The molecule has 1 aliphatic rings. The SMILES string of the molecule is Cc1nccn1-c1ccc(CNC(=O)NCCN2C[C@H](C)C[C@@H](C)C2)cn1. The Labute approximate surface area is 161 Å². The van der Waals surface area contributed by atoms with E-state index in [-0.39, 0.29) is 6.03 Å². The fourth-order valence-electron chi connectivity index (χ4n) is 3.83. The van der Waals surface area contributed by atoms with Gasteiger partial charge in [-0.15, -0.1) is 0 Å². The zero-order chi connectivity index (χ0) is 19.2. The van der Waals surface area contributed by atoms with Crippen LogP contribution < -0.4 is 10.6 Å². The van der Waals surface area contributed by atoms with Crippen molar-refractivity contribution in [1.82, 2.24) is 30.1 Å². The second-order valence-electron chi connectivity index (χ2n) is 7.68. The molecular weight excluding hydrogens is 340 g/mol. The largest absolute Gasteiger partial charge is 0.337 e. The highest BCUT2D eigenvalue weighted by atomic mass is 16.2. The summed E-state index contributed by atoms with van der Waals surface area (Å²) >= 11 is 0. The predicted molar refractivity (Wildman–Crippen MR) is 106 cm³/mol. The van der Waals surface area contributed by atoms with Gasteiger partial charge in [0.2, 0.25) is 0 Å². The van der Waals surface area contributed by atoms with Gasteiger partial charge < -0.3 is 15.5 Å². The zero-order valence-electron chi connectivity index (χ0n) is 16.5. The lowest BCUT2D eigenvalue weighted by Gasteiger charge is -2.34. The maximum atomic E-state index is 12.0. The minimum absolute atomic E-state index is 0.136. The van der Waals surface area contributed by atoms with Gasteiger partial charge >= 0.3 is 6.03 Å². The Morgan fingerprint density at radius 2 is 1.96 bits per heavy atom. The van der Waals surface area contributed by atoms with Crippen molar-refractivity contribution in [2.24, 2.45) is 11.8 Å². The van der Waals surface area contributed by atoms with Gasteiger partial charge in [0.25, 0.3) is 0 Å². The highest BCUT2D eigenvalue weighted by Gasteiger charge is 2.21. The number of piperidine rings is 1. The monoisotopic (exact) mass is 370 g/mol. The van der Waals surface area contributed by atoms with Gasteiger partial charge in [0.1, 0.15) is 11.6 Å². The Morgan fingerprint density at radius 3 is 2.59 bits per heavy atom. The molecule has 2 aromatic rings. The van der Waals surface area contributed by atoms with Gasteiger partial charge in [-0.3, -0.25) is 4.57 Å². The summed E-state index contributed by atoms with van der Waals surface area (Å²) in [5.41, 5.74) is 0.963. The number of carbonyl (C=O) groups is 1. The van der Waals surface area contributed by atoms with Crippen LogP contribution in [0.2, 0.25) is 0 Å². The van der Waals surface area contributed by atoms with Gasteiger partial charge in [-0.1, -0.05) is 19.9 Å². The molecule has 2 aromatic heterocycles. The van der Waals surface area contributed by atoms with E-state index in [9.17, 15) is 4.79 Å². The van der Waals surface area contributed by atoms with E-state index in [1.54, 1.807) is 12.4 Å². The maximum absolute atomic E-state index is 12.0. The summed E-state index contributed by atoms with van der Waals surface area (Å²) < 4.78 is 1.92. The molecular formula is C20H30N6O. The number of rotatable bonds is 6. The van der Waals surface area contributed by atoms with Gasteiger partial charge in [0.15, 0.2) is 0 Å². The van der Waals surface area contributed by atoms with Crippen molar-refractivity contribution in [3.8, 4) is 5.82 Å². The topological polar surface area (TPSA) is 75.1 Å². The smallest absolute Gasteiger partial charge is 0.315 e. The molecule has 0 radical (unpaired) electrons. The van der Waals surface area contributed by atoms with Crippen LogP contribution in [0.5, 0.6) is 0 Å². The molecule has 0 aromatic carbocycles. The standard InChI is InChI=1S/C20H30N6O/c1-15-10-16(2)14-25(13-15)8-6-22-20(27)24-12-18-4-5-19(23-11-18)26-9-7-21-17(26)3/h4-5,7,9,11,15-16H,6,8,10,12-14H2,1-3H3,(H2,22,24,27)/t15-,16-/m1/s1. The van der Waals surface area contributed by atoms with E-state index in [2.05, 4.69) is 39.3 Å². The van der Waals surface area contributed by atoms with E-state index >= 15 is 0 Å². The number of nitrogens with one attached hydrogen (secondary N) is 2. The third-order valence-corrected chi connectivity index (χ3v) is 4.99. The molecule has 0 aliphatic carbocycles. The molecule has 3 rings (SSSR count). The number of aryl methyl sites for hydroxylation is 1. The molecule has 7 nitrogen and oxygen atoms in total. The number of urea groups is 1. The predicted octanol–water partition coefficient (Wildman–Crippen LogP) is 2.35. The fraction of sp³-hybridized carbons (Fsp3) is 0.550. The lowest BCUT2D eigenvalue weighted by molar-refractivity contribution is 0.142. The summed E-state index contributed by atoms with van der Waals surface area (Å²) in [5.74, 6) is 3.20. The number of imidazole rings is 1. The first-order chi connectivity index (χ1) is 13.0. The Hall–Kier alpha value is -2.41. The van der Waals surface area contributed by atoms with Crippen LogP contribution in [0, 0.1) is 18.8 Å². The Balaban J connectivity index is 1.38. The lowest BCUT2D eigenvalue weighted by Crippen LogP contribution is -2.44. The summed E-state index contributed by atoms with van der Waals surface area (Å²) in [6, 6.07) is 3.77. The number of likely N-dealkylation sites (tertiary alicyclic amines) is 1. The molecule has 7 heteroatoms. The van der Waals surface area contributed by atoms with E-state index < -0.39 is 0 Å². The van der Waals surface area contributed by atoms with Crippen molar-refractivity contribution < 1.29 is 4.79 Å². The van der Waals surface area contributed by atoms with Gasteiger partial charge in [0, 0.05) is 51.3 Å². The van der Waals surface area contributed by atoms with Crippen LogP contribution in [0.25, 0.3) is 5.82 Å². The fourth-order valence-corrected chi connectivity index (χ4v) is 3.83. The van der Waals surface area contributed by atoms with Crippen LogP contribution in [0.15, 0.2) is 30.7 Å². The second-order valence-corrected chi connectivity index (χ2v) is 7.68. The lowest BCUT2D eigenvalue weighted by atomic mass is 9.92. The van der Waals surface area contributed by atoms with Crippen LogP contribution >= 0.6 is 0 Å². The van der Waals surface area contributed by atoms with Gasteiger partial charge in [-0.25, -0.2) is 14.8 Å². The minimum Gasteiger partial charge on any atom is -0.337 e. The van der Waals surface area contributed by atoms with Crippen molar-refractivity contribution >= 4 is 6.03 Å². The molecule has 1 aliphatic heterocycles. The average Bonchev–Trinajstić information content (AvgIpc) is 3.05. The zero-order valence-corrected chi connectivity index (χ0v) is 16.5. The first kappa shape index (κ1) is 19.4. The van der Waals surface area contributed by atoms with Crippen LogP contribution in [0.1, 0.15) is 31.7 Å². The van der Waals surface area contributed by atoms with E-state index in [4.69, 9.17) is 0 Å². The van der Waals surface area contributed by atoms with Crippen molar-refractivity contribution in [3.63, 3.8) is 0 Å². The van der Waals surface area contributed by atoms with Crippen molar-refractivity contribution in [2.45, 2.75) is 33.7 Å². The van der Waals surface area contributed by atoms with Crippen molar-refractivity contribution in [3.05, 3.63) is 42.1 Å². The molecule has 0 bridgehead atoms. The number of nitrogens with zero attached hydrogens (tertiary/aromatic N) is 4. The van der Waals surface area contributed by atoms with Crippen molar-refractivity contribution in [2.75, 3.05) is 26.2 Å². The molecule has 1 saturated heterocycles. The third-order valence-electron chi connectivity index (χ3n) is 4.99. The van der Waals surface area contributed by atoms with E-state index in [1.165, 1.54) is 6.42 Å². The molecule has 3 heterocycles. The van der Waals surface area contributed by atoms with Crippen molar-refractivity contribution in [1.29, 1.82) is 0 Å². The number of amides is 2. The van der Waals surface area contributed by atoms with E-state index in [0.717, 1.165) is 48.7 Å².